The van der Waals surface area contributed by atoms with Crippen LogP contribution in [0.3, 0.4) is 0 Å². The molecule has 2 atom stereocenters. The Hall–Kier alpha value is -2.23. The Labute approximate surface area is 150 Å². The van der Waals surface area contributed by atoms with E-state index in [1.54, 1.807) is 18.5 Å². The summed E-state index contributed by atoms with van der Waals surface area (Å²) in [5.41, 5.74) is 1.64. The smallest absolute Gasteiger partial charge is 0.220 e. The number of aryl methyl sites for hydroxylation is 1. The molecule has 1 amide bonds. The van der Waals surface area contributed by atoms with Gasteiger partial charge in [-0.15, -0.1) is 0 Å². The molecule has 25 heavy (non-hydrogen) atoms. The van der Waals surface area contributed by atoms with E-state index in [2.05, 4.69) is 53.4 Å². The van der Waals surface area contributed by atoms with Crippen LogP contribution in [0.25, 0.3) is 0 Å². The lowest BCUT2D eigenvalue weighted by atomic mass is 9.68. The van der Waals surface area contributed by atoms with Crippen LogP contribution in [0.2, 0.25) is 0 Å². The number of benzene rings is 1. The monoisotopic (exact) mass is 337 g/mol. The normalized spacial score (nSPS) is 22.3. The summed E-state index contributed by atoms with van der Waals surface area (Å²) >= 11 is 0. The van der Waals surface area contributed by atoms with Crippen molar-refractivity contribution in [2.24, 2.45) is 5.41 Å². The molecule has 1 heterocycles. The van der Waals surface area contributed by atoms with E-state index >= 15 is 0 Å². The number of aromatic nitrogens is 2. The molecular weight excluding hydrogens is 310 g/mol. The molecule has 0 spiro atoms. The summed E-state index contributed by atoms with van der Waals surface area (Å²) in [6.07, 6.45) is 7.73. The number of nitrogens with zero attached hydrogens (tertiary/aromatic N) is 2. The molecule has 1 N–H and O–H groups in total. The van der Waals surface area contributed by atoms with Gasteiger partial charge in [0.25, 0.3) is 0 Å². The maximum absolute atomic E-state index is 12.5. The van der Waals surface area contributed by atoms with Crippen molar-refractivity contribution in [1.82, 2.24) is 15.3 Å². The molecule has 0 radical (unpaired) electrons. The second-order valence-electron chi connectivity index (χ2n) is 7.76. The Morgan fingerprint density at radius 1 is 1.16 bits per heavy atom. The highest BCUT2D eigenvalue weighted by Crippen LogP contribution is 2.43. The van der Waals surface area contributed by atoms with Crippen LogP contribution in [-0.2, 0) is 11.2 Å². The fraction of sp³-hybridized carbons (Fsp3) is 0.476. The van der Waals surface area contributed by atoms with Gasteiger partial charge in [0.2, 0.25) is 5.91 Å². The third kappa shape index (κ3) is 4.88. The fourth-order valence-electron chi connectivity index (χ4n) is 3.77. The average Bonchev–Trinajstić information content (AvgIpc) is 2.63. The maximum atomic E-state index is 12.5. The lowest BCUT2D eigenvalue weighted by molar-refractivity contribution is -0.122. The molecule has 132 valence electrons. The first-order valence-electron chi connectivity index (χ1n) is 9.14. The van der Waals surface area contributed by atoms with Gasteiger partial charge in [-0.1, -0.05) is 44.2 Å². The number of nitrogens with one attached hydrogen (secondary N) is 1. The molecule has 1 aromatic heterocycles. The minimum absolute atomic E-state index is 0.0955. The standard InChI is InChI=1S/C21H27N3O/c1-21(2)12-11-18(17(15-21)16-7-4-3-5-8-16)24-20(25)10-9-19-22-13-6-14-23-19/h3-8,13-14,17-18H,9-12,15H2,1-2H3,(H,24,25). The van der Waals surface area contributed by atoms with E-state index in [4.69, 9.17) is 0 Å². The first-order chi connectivity index (χ1) is 12.0. The van der Waals surface area contributed by atoms with Crippen LogP contribution in [-0.4, -0.2) is 21.9 Å². The van der Waals surface area contributed by atoms with Crippen LogP contribution in [0.5, 0.6) is 0 Å². The van der Waals surface area contributed by atoms with Gasteiger partial charge in [-0.25, -0.2) is 9.97 Å². The van der Waals surface area contributed by atoms with Gasteiger partial charge in [0, 0.05) is 37.2 Å². The Balaban J connectivity index is 1.63. The summed E-state index contributed by atoms with van der Waals surface area (Å²) < 4.78 is 0. The maximum Gasteiger partial charge on any atom is 0.220 e. The zero-order chi connectivity index (χ0) is 17.7. The minimum Gasteiger partial charge on any atom is -0.353 e. The average molecular weight is 337 g/mol. The summed E-state index contributed by atoms with van der Waals surface area (Å²) in [6.45, 7) is 4.65. The molecule has 1 fully saturated rings. The molecule has 0 saturated heterocycles. The molecule has 0 aliphatic heterocycles. The van der Waals surface area contributed by atoms with E-state index in [0.717, 1.165) is 25.1 Å². The molecule has 4 nitrogen and oxygen atoms in total. The van der Waals surface area contributed by atoms with E-state index in [1.165, 1.54) is 5.56 Å². The van der Waals surface area contributed by atoms with Crippen LogP contribution in [0.15, 0.2) is 48.8 Å². The van der Waals surface area contributed by atoms with Crippen molar-refractivity contribution in [3.8, 4) is 0 Å². The third-order valence-corrected chi connectivity index (χ3v) is 5.16. The van der Waals surface area contributed by atoms with Crippen LogP contribution in [0, 0.1) is 5.41 Å². The van der Waals surface area contributed by atoms with Crippen molar-refractivity contribution < 1.29 is 4.79 Å². The van der Waals surface area contributed by atoms with Gasteiger partial charge in [-0.2, -0.15) is 0 Å². The van der Waals surface area contributed by atoms with E-state index < -0.39 is 0 Å². The first kappa shape index (κ1) is 17.6. The summed E-state index contributed by atoms with van der Waals surface area (Å²) in [4.78, 5) is 20.8. The summed E-state index contributed by atoms with van der Waals surface area (Å²) in [7, 11) is 0. The van der Waals surface area contributed by atoms with Gasteiger partial charge in [0.15, 0.2) is 0 Å². The molecule has 1 aliphatic rings. The Morgan fingerprint density at radius 2 is 1.88 bits per heavy atom. The Kier molecular flexibility index (Phi) is 5.47. The minimum atomic E-state index is 0.0955. The second-order valence-corrected chi connectivity index (χ2v) is 7.76. The molecule has 3 rings (SSSR count). The summed E-state index contributed by atoms with van der Waals surface area (Å²) in [5.74, 6) is 1.20. The lowest BCUT2D eigenvalue weighted by Gasteiger charge is -2.41. The van der Waals surface area contributed by atoms with Crippen LogP contribution < -0.4 is 5.32 Å². The molecule has 1 aliphatic carbocycles. The number of hydrogen-bond acceptors (Lipinski definition) is 3. The first-order valence-corrected chi connectivity index (χ1v) is 9.14. The van der Waals surface area contributed by atoms with Gasteiger partial charge in [0.05, 0.1) is 0 Å². The SMILES string of the molecule is CC1(C)CCC(NC(=O)CCc2ncccn2)C(c2ccccc2)C1. The predicted molar refractivity (Wildman–Crippen MR) is 99.1 cm³/mol. The zero-order valence-corrected chi connectivity index (χ0v) is 15.1. The van der Waals surface area contributed by atoms with Crippen LogP contribution in [0.4, 0.5) is 0 Å². The fourth-order valence-corrected chi connectivity index (χ4v) is 3.77. The lowest BCUT2D eigenvalue weighted by Crippen LogP contribution is -2.44. The highest BCUT2D eigenvalue weighted by Gasteiger charge is 2.36. The zero-order valence-electron chi connectivity index (χ0n) is 15.1. The topological polar surface area (TPSA) is 54.9 Å². The molecule has 4 heteroatoms. The molecule has 2 aromatic rings. The molecule has 0 bridgehead atoms. The van der Waals surface area contributed by atoms with E-state index in [1.807, 2.05) is 6.07 Å². The molecule has 1 saturated carbocycles. The van der Waals surface area contributed by atoms with Crippen LogP contribution in [0.1, 0.15) is 56.8 Å². The highest BCUT2D eigenvalue weighted by atomic mass is 16.1. The van der Waals surface area contributed by atoms with Crippen molar-refractivity contribution in [2.45, 2.75) is 57.9 Å². The van der Waals surface area contributed by atoms with Crippen molar-refractivity contribution in [1.29, 1.82) is 0 Å². The van der Waals surface area contributed by atoms with Gasteiger partial charge in [0.1, 0.15) is 5.82 Å². The predicted octanol–water partition coefficient (Wildman–Crippen LogP) is 3.89. The highest BCUT2D eigenvalue weighted by molar-refractivity contribution is 5.76. The van der Waals surface area contributed by atoms with Gasteiger partial charge in [-0.3, -0.25) is 4.79 Å². The van der Waals surface area contributed by atoms with Crippen LogP contribution >= 0.6 is 0 Å². The number of carbonyl (C=O) groups excluding carboxylic acids is 1. The van der Waals surface area contributed by atoms with E-state index in [-0.39, 0.29) is 11.9 Å². The van der Waals surface area contributed by atoms with Gasteiger partial charge < -0.3 is 5.32 Å². The second kappa shape index (κ2) is 7.77. The van der Waals surface area contributed by atoms with Crippen molar-refractivity contribution >= 4 is 5.91 Å². The third-order valence-electron chi connectivity index (χ3n) is 5.16. The molecular formula is C21H27N3O. The van der Waals surface area contributed by atoms with Gasteiger partial charge >= 0.3 is 0 Å². The van der Waals surface area contributed by atoms with Crippen molar-refractivity contribution in [2.75, 3.05) is 0 Å². The van der Waals surface area contributed by atoms with Gasteiger partial charge in [-0.05, 0) is 36.3 Å². The number of carbonyl (C=O) groups is 1. The molecule has 2 unspecified atom stereocenters. The number of amides is 1. The Bertz CT molecular complexity index is 685. The van der Waals surface area contributed by atoms with E-state index in [0.29, 0.717) is 24.2 Å². The number of rotatable bonds is 5. The Morgan fingerprint density at radius 3 is 2.60 bits per heavy atom. The van der Waals surface area contributed by atoms with E-state index in [9.17, 15) is 4.79 Å². The van der Waals surface area contributed by atoms with Crippen molar-refractivity contribution in [3.63, 3.8) is 0 Å². The largest absolute Gasteiger partial charge is 0.353 e. The quantitative estimate of drug-likeness (QED) is 0.900. The summed E-state index contributed by atoms with van der Waals surface area (Å²) in [5, 5.41) is 3.28. The van der Waals surface area contributed by atoms with Crippen molar-refractivity contribution in [3.05, 3.63) is 60.2 Å². The number of hydrogen-bond donors (Lipinski definition) is 1. The summed E-state index contributed by atoms with van der Waals surface area (Å²) in [6, 6.07) is 12.6. The molecule has 1 aromatic carbocycles.